The van der Waals surface area contributed by atoms with E-state index in [1.54, 1.807) is 18.2 Å². The van der Waals surface area contributed by atoms with Crippen molar-refractivity contribution < 1.29 is 9.18 Å². The molecule has 1 aromatic carbocycles. The number of likely N-dealkylation sites (tertiary alicyclic amines) is 1. The Bertz CT molecular complexity index is 521. The largest absolute Gasteiger partial charge is 0.389 e. The Morgan fingerprint density at radius 1 is 1.47 bits per heavy atom. The molecule has 4 N–H and O–H groups in total. The van der Waals surface area contributed by atoms with Crippen LogP contribution in [0.25, 0.3) is 0 Å². The molecular weight excluding hydrogens is 265 g/mol. The molecule has 1 heterocycles. The zero-order valence-electron chi connectivity index (χ0n) is 10.4. The van der Waals surface area contributed by atoms with Crippen molar-refractivity contribution in [2.45, 2.75) is 25.4 Å². The lowest BCUT2D eigenvalue weighted by Gasteiger charge is -2.22. The van der Waals surface area contributed by atoms with E-state index >= 15 is 0 Å². The van der Waals surface area contributed by atoms with Gasteiger partial charge in [0.05, 0.1) is 6.04 Å². The zero-order chi connectivity index (χ0) is 14.0. The summed E-state index contributed by atoms with van der Waals surface area (Å²) in [6.45, 7) is 1.08. The normalized spacial score (nSPS) is 19.5. The second-order valence-electron chi connectivity index (χ2n) is 4.67. The Labute approximate surface area is 116 Å². The van der Waals surface area contributed by atoms with E-state index in [2.05, 4.69) is 0 Å². The Kier molecular flexibility index (Phi) is 4.11. The maximum absolute atomic E-state index is 14.2. The first kappa shape index (κ1) is 13.9. The summed E-state index contributed by atoms with van der Waals surface area (Å²) in [7, 11) is 0. The molecule has 0 saturated carbocycles. The summed E-state index contributed by atoms with van der Waals surface area (Å²) in [5, 5.41) is 0. The predicted molar refractivity (Wildman–Crippen MR) is 74.9 cm³/mol. The van der Waals surface area contributed by atoms with Crippen molar-refractivity contribution in [3.63, 3.8) is 0 Å². The number of primary amides is 1. The van der Waals surface area contributed by atoms with Gasteiger partial charge in [-0.2, -0.15) is 0 Å². The highest BCUT2D eigenvalue weighted by molar-refractivity contribution is 7.80. The molecule has 1 aromatic rings. The van der Waals surface area contributed by atoms with Crippen LogP contribution in [0.3, 0.4) is 0 Å². The van der Waals surface area contributed by atoms with Gasteiger partial charge in [-0.15, -0.1) is 0 Å². The first-order chi connectivity index (χ1) is 9.00. The fraction of sp³-hybridized carbons (Fsp3) is 0.385. The van der Waals surface area contributed by atoms with Gasteiger partial charge in [0.15, 0.2) is 0 Å². The van der Waals surface area contributed by atoms with Crippen molar-refractivity contribution in [3.05, 3.63) is 35.1 Å². The molecule has 4 nitrogen and oxygen atoms in total. The number of nitrogens with zero attached hydrogens (tertiary/aromatic N) is 1. The van der Waals surface area contributed by atoms with Crippen molar-refractivity contribution >= 4 is 23.1 Å². The van der Waals surface area contributed by atoms with Crippen LogP contribution in [0.2, 0.25) is 0 Å². The minimum Gasteiger partial charge on any atom is -0.389 e. The SMILES string of the molecule is NC(=O)C1CCCN1Cc1cccc(C(N)=S)c1F. The summed E-state index contributed by atoms with van der Waals surface area (Å²) in [6.07, 6.45) is 1.62. The molecule has 19 heavy (non-hydrogen) atoms. The first-order valence-electron chi connectivity index (χ1n) is 6.11. The van der Waals surface area contributed by atoms with E-state index in [0.29, 0.717) is 12.1 Å². The number of thiocarbonyl (C=S) groups is 1. The van der Waals surface area contributed by atoms with Crippen LogP contribution in [0, 0.1) is 5.82 Å². The number of amides is 1. The van der Waals surface area contributed by atoms with E-state index in [9.17, 15) is 9.18 Å². The van der Waals surface area contributed by atoms with Crippen LogP contribution >= 0.6 is 12.2 Å². The number of carbonyl (C=O) groups excluding carboxylic acids is 1. The van der Waals surface area contributed by atoms with Crippen molar-refractivity contribution in [2.24, 2.45) is 11.5 Å². The molecule has 1 fully saturated rings. The van der Waals surface area contributed by atoms with Crippen LogP contribution in [0.1, 0.15) is 24.0 Å². The fourth-order valence-corrected chi connectivity index (χ4v) is 2.61. The van der Waals surface area contributed by atoms with Gasteiger partial charge in [0.1, 0.15) is 10.8 Å². The fourth-order valence-electron chi connectivity index (χ4n) is 2.45. The Morgan fingerprint density at radius 2 is 2.21 bits per heavy atom. The molecule has 0 bridgehead atoms. The van der Waals surface area contributed by atoms with E-state index in [-0.39, 0.29) is 22.5 Å². The summed E-state index contributed by atoms with van der Waals surface area (Å²) in [5.41, 5.74) is 11.5. The Morgan fingerprint density at radius 3 is 2.84 bits per heavy atom. The maximum Gasteiger partial charge on any atom is 0.234 e. The van der Waals surface area contributed by atoms with Gasteiger partial charge in [0.2, 0.25) is 5.91 Å². The van der Waals surface area contributed by atoms with Crippen molar-refractivity contribution in [3.8, 4) is 0 Å². The third-order valence-corrected chi connectivity index (χ3v) is 3.63. The summed E-state index contributed by atoms with van der Waals surface area (Å²) in [4.78, 5) is 13.2. The molecule has 6 heteroatoms. The molecule has 0 aliphatic carbocycles. The minimum atomic E-state index is -0.412. The predicted octanol–water partition coefficient (Wildman–Crippen LogP) is 0.910. The van der Waals surface area contributed by atoms with E-state index in [4.69, 9.17) is 23.7 Å². The van der Waals surface area contributed by atoms with E-state index < -0.39 is 5.82 Å². The highest BCUT2D eigenvalue weighted by atomic mass is 32.1. The molecule has 102 valence electrons. The highest BCUT2D eigenvalue weighted by Gasteiger charge is 2.29. The average molecular weight is 281 g/mol. The van der Waals surface area contributed by atoms with Gasteiger partial charge in [-0.3, -0.25) is 9.69 Å². The molecule has 1 aliphatic rings. The molecule has 0 radical (unpaired) electrons. The summed E-state index contributed by atoms with van der Waals surface area (Å²) in [6, 6.07) is 4.62. The second kappa shape index (κ2) is 5.63. The van der Waals surface area contributed by atoms with Crippen LogP contribution in [0.4, 0.5) is 4.39 Å². The quantitative estimate of drug-likeness (QED) is 0.805. The highest BCUT2D eigenvalue weighted by Crippen LogP contribution is 2.22. The molecule has 1 atom stereocenters. The number of rotatable bonds is 4. The lowest BCUT2D eigenvalue weighted by Crippen LogP contribution is -2.40. The molecule has 1 amide bonds. The Hall–Kier alpha value is -1.53. The topological polar surface area (TPSA) is 72.4 Å². The van der Waals surface area contributed by atoms with Crippen LogP contribution < -0.4 is 11.5 Å². The molecule has 0 aromatic heterocycles. The lowest BCUT2D eigenvalue weighted by atomic mass is 10.1. The second-order valence-corrected chi connectivity index (χ2v) is 5.11. The summed E-state index contributed by atoms with van der Waals surface area (Å²) in [5.74, 6) is -0.770. The number of carbonyl (C=O) groups is 1. The number of halogens is 1. The van der Waals surface area contributed by atoms with E-state index in [1.165, 1.54) is 0 Å². The van der Waals surface area contributed by atoms with E-state index in [1.807, 2.05) is 4.90 Å². The molecule has 0 spiro atoms. The zero-order valence-corrected chi connectivity index (χ0v) is 11.3. The van der Waals surface area contributed by atoms with Crippen molar-refractivity contribution in [2.75, 3.05) is 6.54 Å². The molecule has 1 unspecified atom stereocenters. The number of hydrogen-bond donors (Lipinski definition) is 2. The van der Waals surface area contributed by atoms with Crippen LogP contribution in [-0.4, -0.2) is 28.4 Å². The van der Waals surface area contributed by atoms with E-state index in [0.717, 1.165) is 19.4 Å². The monoisotopic (exact) mass is 281 g/mol. The average Bonchev–Trinajstić information content (AvgIpc) is 2.79. The van der Waals surface area contributed by atoms with Gasteiger partial charge in [-0.25, -0.2) is 4.39 Å². The Balaban J connectivity index is 2.22. The van der Waals surface area contributed by atoms with Crippen LogP contribution in [0.15, 0.2) is 18.2 Å². The molecule has 2 rings (SSSR count). The van der Waals surface area contributed by atoms with Crippen LogP contribution in [-0.2, 0) is 11.3 Å². The lowest BCUT2D eigenvalue weighted by molar-refractivity contribution is -0.122. The van der Waals surface area contributed by atoms with Gasteiger partial charge in [0.25, 0.3) is 0 Å². The molecular formula is C13H16FN3OS. The summed E-state index contributed by atoms with van der Waals surface area (Å²) >= 11 is 4.81. The summed E-state index contributed by atoms with van der Waals surface area (Å²) < 4.78 is 14.2. The minimum absolute atomic E-state index is 0.0345. The molecule has 1 saturated heterocycles. The van der Waals surface area contributed by atoms with Gasteiger partial charge in [-0.1, -0.05) is 24.4 Å². The van der Waals surface area contributed by atoms with Crippen molar-refractivity contribution in [1.29, 1.82) is 0 Å². The molecule has 1 aliphatic heterocycles. The van der Waals surface area contributed by atoms with Gasteiger partial charge in [-0.05, 0) is 25.5 Å². The smallest absolute Gasteiger partial charge is 0.234 e. The van der Waals surface area contributed by atoms with Crippen molar-refractivity contribution in [1.82, 2.24) is 4.90 Å². The number of hydrogen-bond acceptors (Lipinski definition) is 3. The standard InChI is InChI=1S/C13H16FN3OS/c14-11-8(3-1-4-9(11)13(16)19)7-17-6-2-5-10(17)12(15)18/h1,3-4,10H,2,5-7H2,(H2,15,18)(H2,16,19). The van der Waals surface area contributed by atoms with Gasteiger partial charge < -0.3 is 11.5 Å². The van der Waals surface area contributed by atoms with Crippen LogP contribution in [0.5, 0.6) is 0 Å². The van der Waals surface area contributed by atoms with Gasteiger partial charge in [0, 0.05) is 17.7 Å². The third-order valence-electron chi connectivity index (χ3n) is 3.41. The number of nitrogens with two attached hydrogens (primary N) is 2. The maximum atomic E-state index is 14.2. The number of benzene rings is 1. The third kappa shape index (κ3) is 2.90. The van der Waals surface area contributed by atoms with Gasteiger partial charge >= 0.3 is 0 Å². The first-order valence-corrected chi connectivity index (χ1v) is 6.52.